The van der Waals surface area contributed by atoms with E-state index in [1.54, 1.807) is 0 Å². The summed E-state index contributed by atoms with van der Waals surface area (Å²) in [5.74, 6) is 0.144. The molecule has 1 saturated carbocycles. The van der Waals surface area contributed by atoms with Crippen molar-refractivity contribution in [1.29, 1.82) is 0 Å². The highest BCUT2D eigenvalue weighted by atomic mass is 35.5. The van der Waals surface area contributed by atoms with Gasteiger partial charge in [0.05, 0.1) is 11.0 Å². The van der Waals surface area contributed by atoms with Crippen molar-refractivity contribution in [1.82, 2.24) is 19.2 Å². The lowest BCUT2D eigenvalue weighted by Crippen LogP contribution is -2.37. The lowest BCUT2D eigenvalue weighted by Gasteiger charge is -2.30. The normalized spacial score (nSPS) is 18.6. The molecule has 2 aromatic heterocycles. The minimum absolute atomic E-state index is 0. The molecule has 3 aromatic rings. The summed E-state index contributed by atoms with van der Waals surface area (Å²) in [5.41, 5.74) is 3.46. The number of rotatable bonds is 4. The molecule has 2 fully saturated rings. The molecule has 0 N–H and O–H groups in total. The zero-order chi connectivity index (χ0) is 19.8. The molecule has 30 heavy (non-hydrogen) atoms. The second-order valence-electron chi connectivity index (χ2n) is 8.73. The van der Waals surface area contributed by atoms with E-state index in [4.69, 9.17) is 4.98 Å². The summed E-state index contributed by atoms with van der Waals surface area (Å²) in [4.78, 5) is 24.1. The van der Waals surface area contributed by atoms with Gasteiger partial charge in [-0.15, -0.1) is 12.4 Å². The van der Waals surface area contributed by atoms with E-state index in [9.17, 15) is 4.79 Å². The topological polar surface area (TPSA) is 40.9 Å². The van der Waals surface area contributed by atoms with Gasteiger partial charge in [-0.1, -0.05) is 43.1 Å². The summed E-state index contributed by atoms with van der Waals surface area (Å²) < 4.78 is 2.11. The molecular formula is C23H31ClN4OS. The summed E-state index contributed by atoms with van der Waals surface area (Å²) in [6.45, 7) is 3.40. The van der Waals surface area contributed by atoms with Crippen LogP contribution in [0, 0.1) is 0 Å². The third-order valence-electron chi connectivity index (χ3n) is 6.68. The molecular weight excluding hydrogens is 416 g/mol. The molecule has 0 unspecified atom stereocenters. The number of piperidine rings is 1. The van der Waals surface area contributed by atoms with Crippen LogP contribution in [0.4, 0.5) is 0 Å². The zero-order valence-corrected chi connectivity index (χ0v) is 19.3. The Morgan fingerprint density at radius 1 is 1.13 bits per heavy atom. The van der Waals surface area contributed by atoms with Gasteiger partial charge >= 0.3 is 0 Å². The average Bonchev–Trinajstić information content (AvgIpc) is 3.32. The number of halogens is 1. The Morgan fingerprint density at radius 3 is 2.63 bits per heavy atom. The number of hydrogen-bond donors (Lipinski definition) is 0. The maximum atomic E-state index is 13.1. The second-order valence-corrected chi connectivity index (χ2v) is 9.74. The van der Waals surface area contributed by atoms with Gasteiger partial charge in [0, 0.05) is 25.8 Å². The van der Waals surface area contributed by atoms with E-state index >= 15 is 0 Å². The highest BCUT2D eigenvalue weighted by Gasteiger charge is 2.25. The van der Waals surface area contributed by atoms with Gasteiger partial charge in [-0.3, -0.25) is 14.1 Å². The van der Waals surface area contributed by atoms with Crippen molar-refractivity contribution in [2.45, 2.75) is 64.0 Å². The van der Waals surface area contributed by atoms with Crippen LogP contribution in [0.5, 0.6) is 0 Å². The summed E-state index contributed by atoms with van der Waals surface area (Å²) in [6.07, 6.45) is 12.0. The van der Waals surface area contributed by atoms with Crippen LogP contribution in [-0.4, -0.2) is 51.3 Å². The van der Waals surface area contributed by atoms with Crippen molar-refractivity contribution < 1.29 is 4.79 Å². The summed E-state index contributed by atoms with van der Waals surface area (Å²) in [7, 11) is 1.97. The molecule has 7 heteroatoms. The molecule has 0 bridgehead atoms. The summed E-state index contributed by atoms with van der Waals surface area (Å²) >= 11 is 1.52. The van der Waals surface area contributed by atoms with E-state index in [1.165, 1.54) is 68.5 Å². The van der Waals surface area contributed by atoms with Gasteiger partial charge in [-0.25, -0.2) is 4.98 Å². The largest absolute Gasteiger partial charge is 0.338 e. The molecule has 1 aromatic carbocycles. The van der Waals surface area contributed by atoms with Gasteiger partial charge < -0.3 is 4.90 Å². The van der Waals surface area contributed by atoms with Crippen LogP contribution in [-0.2, 0) is 6.54 Å². The molecule has 1 aliphatic carbocycles. The van der Waals surface area contributed by atoms with E-state index < -0.39 is 0 Å². The Kier molecular flexibility index (Phi) is 6.66. The minimum atomic E-state index is 0. The fourth-order valence-corrected chi connectivity index (χ4v) is 5.92. The summed E-state index contributed by atoms with van der Waals surface area (Å²) in [6, 6.07) is 6.98. The SMILES string of the molecule is CN(C(=O)c1cn2c(nc3ccc(CN4CCCCC4)cc32)s1)C1CCCCC1.Cl. The number of carbonyl (C=O) groups excluding carboxylic acids is 1. The number of nitrogens with zero attached hydrogens (tertiary/aromatic N) is 4. The Labute approximate surface area is 188 Å². The Balaban J connectivity index is 0.00000218. The molecule has 162 valence electrons. The van der Waals surface area contributed by atoms with Crippen molar-refractivity contribution in [2.75, 3.05) is 20.1 Å². The minimum Gasteiger partial charge on any atom is -0.338 e. The molecule has 2 aliphatic rings. The number of hydrogen-bond acceptors (Lipinski definition) is 4. The molecule has 0 atom stereocenters. The smallest absolute Gasteiger partial charge is 0.265 e. The van der Waals surface area contributed by atoms with Crippen molar-refractivity contribution >= 4 is 45.6 Å². The van der Waals surface area contributed by atoms with Crippen LogP contribution < -0.4 is 0 Å². The fraction of sp³-hybridized carbons (Fsp3) is 0.565. The van der Waals surface area contributed by atoms with Crippen molar-refractivity contribution in [3.63, 3.8) is 0 Å². The number of fused-ring (bicyclic) bond motifs is 3. The fourth-order valence-electron chi connectivity index (χ4n) is 4.94. The highest BCUT2D eigenvalue weighted by Crippen LogP contribution is 2.28. The third kappa shape index (κ3) is 4.23. The molecule has 5 nitrogen and oxygen atoms in total. The monoisotopic (exact) mass is 446 g/mol. The van der Waals surface area contributed by atoms with Crippen LogP contribution >= 0.6 is 23.7 Å². The first kappa shape index (κ1) is 21.6. The first-order valence-corrected chi connectivity index (χ1v) is 11.9. The maximum Gasteiger partial charge on any atom is 0.265 e. The van der Waals surface area contributed by atoms with E-state index in [1.807, 2.05) is 18.1 Å². The summed E-state index contributed by atoms with van der Waals surface area (Å²) in [5, 5.41) is 0. The standard InChI is InChI=1S/C23H30N4OS.ClH/c1-25(18-8-4-2-5-9-18)22(28)21-16-27-20-14-17(15-26-12-6-3-7-13-26)10-11-19(20)24-23(27)29-21;/h10-11,14,16,18H,2-9,12-13,15H2,1H3;1H. The Hall–Kier alpha value is -1.63. The first-order valence-electron chi connectivity index (χ1n) is 11.1. The van der Waals surface area contributed by atoms with Gasteiger partial charge in [-0.2, -0.15) is 0 Å². The maximum absolute atomic E-state index is 13.1. The molecule has 0 radical (unpaired) electrons. The van der Waals surface area contributed by atoms with Crippen LogP contribution in [0.25, 0.3) is 16.0 Å². The van der Waals surface area contributed by atoms with Gasteiger partial charge in [0.1, 0.15) is 4.88 Å². The van der Waals surface area contributed by atoms with Crippen LogP contribution in [0.3, 0.4) is 0 Å². The number of aromatic nitrogens is 2. The average molecular weight is 447 g/mol. The second kappa shape index (κ2) is 9.25. The molecule has 1 saturated heterocycles. The van der Waals surface area contributed by atoms with Crippen LogP contribution in [0.15, 0.2) is 24.4 Å². The van der Waals surface area contributed by atoms with Crippen molar-refractivity contribution in [3.8, 4) is 0 Å². The molecule has 1 amide bonds. The molecule has 0 spiro atoms. The van der Waals surface area contributed by atoms with E-state index in [2.05, 4.69) is 27.5 Å². The number of thiazole rings is 1. The number of likely N-dealkylation sites (tertiary alicyclic amines) is 1. The van der Waals surface area contributed by atoms with Crippen molar-refractivity contribution in [2.24, 2.45) is 0 Å². The third-order valence-corrected chi connectivity index (χ3v) is 7.65. The quantitative estimate of drug-likeness (QED) is 0.541. The molecule has 3 heterocycles. The van der Waals surface area contributed by atoms with Gasteiger partial charge in [-0.05, 0) is 56.5 Å². The van der Waals surface area contributed by atoms with Gasteiger partial charge in [0.2, 0.25) is 0 Å². The van der Waals surface area contributed by atoms with Crippen molar-refractivity contribution in [3.05, 3.63) is 34.8 Å². The zero-order valence-electron chi connectivity index (χ0n) is 17.7. The van der Waals surface area contributed by atoms with E-state index in [0.717, 1.165) is 40.3 Å². The number of amides is 1. The van der Waals surface area contributed by atoms with Crippen LogP contribution in [0.1, 0.15) is 66.6 Å². The predicted molar refractivity (Wildman–Crippen MR) is 126 cm³/mol. The van der Waals surface area contributed by atoms with Gasteiger partial charge in [0.25, 0.3) is 5.91 Å². The van der Waals surface area contributed by atoms with Gasteiger partial charge in [0.15, 0.2) is 4.96 Å². The highest BCUT2D eigenvalue weighted by molar-refractivity contribution is 7.18. The lowest BCUT2D eigenvalue weighted by atomic mass is 9.94. The van der Waals surface area contributed by atoms with Crippen LogP contribution in [0.2, 0.25) is 0 Å². The Bertz CT molecular complexity index is 1020. The lowest BCUT2D eigenvalue weighted by molar-refractivity contribution is 0.0701. The predicted octanol–water partition coefficient (Wildman–Crippen LogP) is 5.36. The number of benzene rings is 1. The number of carbonyl (C=O) groups is 1. The molecule has 5 rings (SSSR count). The van der Waals surface area contributed by atoms with E-state index in [-0.39, 0.29) is 18.3 Å². The number of imidazole rings is 1. The first-order chi connectivity index (χ1) is 14.2. The Morgan fingerprint density at radius 2 is 1.87 bits per heavy atom. The molecule has 1 aliphatic heterocycles. The van der Waals surface area contributed by atoms with E-state index in [0.29, 0.717) is 6.04 Å².